The third-order valence-corrected chi connectivity index (χ3v) is 6.97. The van der Waals surface area contributed by atoms with Gasteiger partial charge in [-0.3, -0.25) is 4.79 Å². The lowest BCUT2D eigenvalue weighted by molar-refractivity contribution is -0.142. The fraction of sp³-hybridized carbons (Fsp3) is 0.310. The third kappa shape index (κ3) is 5.64. The van der Waals surface area contributed by atoms with Crippen LogP contribution in [0.2, 0.25) is 0 Å². The standard InChI is InChI=1S/C29H30FN3O5/c1-17(18-7-3-2-4-8-18)31-27(35)15-20-14-22-21-13-19(11-12-25(21)38-28(22)26(16-34)37-20)32-29(36)33-24-10-6-5-9-23(24)30/h2-13,17,20,22,26,28,34H,14-16H2,1H3,(H,31,35)(H2,32,33,36)/t17-,20-,22+,26+,28-/m1/s1. The number of hydrogen-bond acceptors (Lipinski definition) is 5. The van der Waals surface area contributed by atoms with Crippen LogP contribution in [0.3, 0.4) is 0 Å². The molecule has 9 heteroatoms. The number of amides is 3. The molecule has 1 fully saturated rings. The summed E-state index contributed by atoms with van der Waals surface area (Å²) in [6.07, 6.45) is -0.736. The number of ether oxygens (including phenoxy) is 2. The number of carbonyl (C=O) groups excluding carboxylic acids is 2. The molecule has 0 radical (unpaired) electrons. The minimum atomic E-state index is -0.591. The minimum absolute atomic E-state index is 0.0764. The molecule has 198 valence electrons. The highest BCUT2D eigenvalue weighted by atomic mass is 19.1. The van der Waals surface area contributed by atoms with Crippen molar-refractivity contribution in [1.82, 2.24) is 5.32 Å². The van der Waals surface area contributed by atoms with Gasteiger partial charge in [-0.25, -0.2) is 9.18 Å². The van der Waals surface area contributed by atoms with E-state index in [1.54, 1.807) is 24.3 Å². The second-order valence-electron chi connectivity index (χ2n) is 9.62. The van der Waals surface area contributed by atoms with Gasteiger partial charge in [0.2, 0.25) is 5.91 Å². The average molecular weight is 520 g/mol. The Labute approximate surface area is 220 Å². The Morgan fingerprint density at radius 1 is 1.05 bits per heavy atom. The molecule has 2 aliphatic rings. The highest BCUT2D eigenvalue weighted by Crippen LogP contribution is 2.47. The number of fused-ring (bicyclic) bond motifs is 3. The van der Waals surface area contributed by atoms with E-state index in [9.17, 15) is 19.1 Å². The van der Waals surface area contributed by atoms with Gasteiger partial charge in [-0.2, -0.15) is 0 Å². The summed E-state index contributed by atoms with van der Waals surface area (Å²) in [4.78, 5) is 25.3. The fourth-order valence-corrected chi connectivity index (χ4v) is 5.15. The Hall–Kier alpha value is -3.95. The molecule has 3 aromatic carbocycles. The molecule has 0 bridgehead atoms. The van der Waals surface area contributed by atoms with Crippen molar-refractivity contribution in [3.05, 3.63) is 89.7 Å². The SMILES string of the molecule is C[C@@H](NC(=O)C[C@H]1C[C@H]2c3cc(NC(=O)Nc4ccccc4F)ccc3O[C@H]2[C@H](CO)O1)c1ccccc1. The van der Waals surface area contributed by atoms with Crippen molar-refractivity contribution in [2.75, 3.05) is 17.2 Å². The van der Waals surface area contributed by atoms with Gasteiger partial charge in [0.05, 0.1) is 30.9 Å². The highest BCUT2D eigenvalue weighted by molar-refractivity contribution is 6.00. The van der Waals surface area contributed by atoms with Crippen LogP contribution in [-0.2, 0) is 9.53 Å². The molecule has 4 N–H and O–H groups in total. The number of aliphatic hydroxyl groups is 1. The van der Waals surface area contributed by atoms with Crippen molar-refractivity contribution in [3.63, 3.8) is 0 Å². The summed E-state index contributed by atoms with van der Waals surface area (Å²) in [6, 6.07) is 20.2. The predicted molar refractivity (Wildman–Crippen MR) is 141 cm³/mol. The molecular weight excluding hydrogens is 489 g/mol. The van der Waals surface area contributed by atoms with Gasteiger partial charge in [0.25, 0.3) is 0 Å². The topological polar surface area (TPSA) is 109 Å². The van der Waals surface area contributed by atoms with Crippen LogP contribution in [0.15, 0.2) is 72.8 Å². The average Bonchev–Trinajstić information content (AvgIpc) is 3.28. The van der Waals surface area contributed by atoms with E-state index in [2.05, 4.69) is 16.0 Å². The van der Waals surface area contributed by atoms with Crippen LogP contribution in [-0.4, -0.2) is 42.0 Å². The summed E-state index contributed by atoms with van der Waals surface area (Å²) < 4.78 is 26.0. The van der Waals surface area contributed by atoms with Crippen molar-refractivity contribution in [3.8, 4) is 5.75 Å². The number of para-hydroxylation sites is 1. The van der Waals surface area contributed by atoms with Crippen LogP contribution in [0.5, 0.6) is 5.75 Å². The van der Waals surface area contributed by atoms with Crippen LogP contribution < -0.4 is 20.7 Å². The molecule has 0 aromatic heterocycles. The van der Waals surface area contributed by atoms with E-state index in [4.69, 9.17) is 9.47 Å². The van der Waals surface area contributed by atoms with Gasteiger partial charge in [0, 0.05) is 17.2 Å². The van der Waals surface area contributed by atoms with Gasteiger partial charge < -0.3 is 30.5 Å². The van der Waals surface area contributed by atoms with Crippen molar-refractivity contribution >= 4 is 23.3 Å². The van der Waals surface area contributed by atoms with E-state index < -0.39 is 30.2 Å². The Morgan fingerprint density at radius 3 is 2.58 bits per heavy atom. The molecule has 8 nitrogen and oxygen atoms in total. The number of aliphatic hydroxyl groups excluding tert-OH is 1. The number of halogens is 1. The number of anilines is 2. The first-order chi connectivity index (χ1) is 18.4. The number of benzene rings is 3. The van der Waals surface area contributed by atoms with Crippen LogP contribution in [0.4, 0.5) is 20.6 Å². The fourth-order valence-electron chi connectivity index (χ4n) is 5.15. The summed E-state index contributed by atoms with van der Waals surface area (Å²) in [5.41, 5.74) is 2.46. The van der Waals surface area contributed by atoms with Crippen LogP contribution >= 0.6 is 0 Å². The highest BCUT2D eigenvalue weighted by Gasteiger charge is 2.46. The first kappa shape index (κ1) is 25.7. The molecular formula is C29H30FN3O5. The normalized spacial score (nSPS) is 22.4. The summed E-state index contributed by atoms with van der Waals surface area (Å²) in [6.45, 7) is 1.68. The van der Waals surface area contributed by atoms with Gasteiger partial charge in [-0.05, 0) is 49.2 Å². The number of nitrogens with one attached hydrogen (secondary N) is 3. The third-order valence-electron chi connectivity index (χ3n) is 6.97. The van der Waals surface area contributed by atoms with E-state index >= 15 is 0 Å². The van der Waals surface area contributed by atoms with Crippen molar-refractivity contribution in [2.45, 2.75) is 50.0 Å². The lowest BCUT2D eigenvalue weighted by Crippen LogP contribution is -2.47. The van der Waals surface area contributed by atoms with Crippen molar-refractivity contribution < 1.29 is 28.6 Å². The summed E-state index contributed by atoms with van der Waals surface area (Å²) >= 11 is 0. The lowest BCUT2D eigenvalue weighted by atomic mass is 9.84. The number of carbonyl (C=O) groups is 2. The maximum atomic E-state index is 13.9. The van der Waals surface area contributed by atoms with E-state index in [0.29, 0.717) is 17.9 Å². The first-order valence-corrected chi connectivity index (χ1v) is 12.6. The van der Waals surface area contributed by atoms with Crippen LogP contribution in [0, 0.1) is 5.82 Å². The van der Waals surface area contributed by atoms with E-state index in [1.807, 2.05) is 43.3 Å². The van der Waals surface area contributed by atoms with Crippen LogP contribution in [0.1, 0.15) is 42.9 Å². The monoisotopic (exact) mass is 519 g/mol. The summed E-state index contributed by atoms with van der Waals surface area (Å²) in [7, 11) is 0. The first-order valence-electron chi connectivity index (χ1n) is 12.6. The van der Waals surface area contributed by atoms with Crippen molar-refractivity contribution in [1.29, 1.82) is 0 Å². The molecule has 2 aliphatic heterocycles. The molecule has 0 unspecified atom stereocenters. The molecule has 1 saturated heterocycles. The molecule has 38 heavy (non-hydrogen) atoms. The number of hydrogen-bond donors (Lipinski definition) is 4. The molecule has 3 aromatic rings. The maximum absolute atomic E-state index is 13.9. The van der Waals surface area contributed by atoms with Gasteiger partial charge >= 0.3 is 6.03 Å². The summed E-state index contributed by atoms with van der Waals surface area (Å²) in [5, 5.41) is 18.2. The van der Waals surface area contributed by atoms with Gasteiger partial charge in [0.15, 0.2) is 0 Å². The predicted octanol–water partition coefficient (Wildman–Crippen LogP) is 4.73. The van der Waals surface area contributed by atoms with Crippen LogP contribution in [0.25, 0.3) is 0 Å². The molecule has 5 rings (SSSR count). The van der Waals surface area contributed by atoms with Gasteiger partial charge in [-0.15, -0.1) is 0 Å². The maximum Gasteiger partial charge on any atom is 0.323 e. The number of rotatable bonds is 7. The Morgan fingerprint density at radius 2 is 1.82 bits per heavy atom. The molecule has 0 spiro atoms. The van der Waals surface area contributed by atoms with Crippen molar-refractivity contribution in [2.24, 2.45) is 0 Å². The van der Waals surface area contributed by atoms with E-state index in [0.717, 1.165) is 11.1 Å². The minimum Gasteiger partial charge on any atom is -0.487 e. The summed E-state index contributed by atoms with van der Waals surface area (Å²) in [5.74, 6) is -0.152. The Balaban J connectivity index is 1.25. The zero-order valence-electron chi connectivity index (χ0n) is 20.9. The smallest absolute Gasteiger partial charge is 0.323 e. The molecule has 2 heterocycles. The number of urea groups is 1. The lowest BCUT2D eigenvalue weighted by Gasteiger charge is -2.37. The molecule has 0 aliphatic carbocycles. The van der Waals surface area contributed by atoms with Gasteiger partial charge in [-0.1, -0.05) is 42.5 Å². The van der Waals surface area contributed by atoms with E-state index in [-0.39, 0.29) is 36.6 Å². The second kappa shape index (κ2) is 11.2. The molecule has 5 atom stereocenters. The quantitative estimate of drug-likeness (QED) is 0.361. The van der Waals surface area contributed by atoms with E-state index in [1.165, 1.54) is 12.1 Å². The van der Waals surface area contributed by atoms with Gasteiger partial charge in [0.1, 0.15) is 23.8 Å². The zero-order valence-corrected chi connectivity index (χ0v) is 20.9. The second-order valence-corrected chi connectivity index (χ2v) is 9.62. The Bertz CT molecular complexity index is 1300. The zero-order chi connectivity index (χ0) is 26.6. The molecule has 3 amide bonds. The Kier molecular flexibility index (Phi) is 7.57. The molecule has 0 saturated carbocycles. The largest absolute Gasteiger partial charge is 0.487 e.